The fraction of sp³-hybridized carbons (Fsp3) is 0.688. The lowest BCUT2D eigenvalue weighted by Gasteiger charge is -2.44. The monoisotopic (exact) mass is 430 g/mol. The highest BCUT2D eigenvalue weighted by Crippen LogP contribution is 2.28. The quantitative estimate of drug-likeness (QED) is 0.172. The number of rotatable bonds is 8. The Bertz CT molecular complexity index is 736. The van der Waals surface area contributed by atoms with E-state index in [4.69, 9.17) is 29.2 Å². The van der Waals surface area contributed by atoms with Crippen molar-refractivity contribution >= 4 is 29.8 Å². The lowest BCUT2D eigenvalue weighted by atomic mass is 9.96. The van der Waals surface area contributed by atoms with Crippen LogP contribution in [0.3, 0.4) is 0 Å². The zero-order valence-electron chi connectivity index (χ0n) is 16.7. The summed E-state index contributed by atoms with van der Waals surface area (Å²) in [5.41, 5.74) is 8.36. The molecule has 1 N–H and O–H groups in total. The largest absolute Gasteiger partial charge is 0.463 e. The van der Waals surface area contributed by atoms with Crippen molar-refractivity contribution in [2.75, 3.05) is 13.2 Å². The fourth-order valence-electron chi connectivity index (χ4n) is 2.65. The Hall–Kier alpha value is -3.38. The van der Waals surface area contributed by atoms with Gasteiger partial charge < -0.3 is 29.0 Å². The van der Waals surface area contributed by atoms with E-state index in [-0.39, 0.29) is 0 Å². The van der Waals surface area contributed by atoms with Crippen molar-refractivity contribution in [3.8, 4) is 0 Å². The molecule has 0 radical (unpaired) electrons. The highest BCUT2D eigenvalue weighted by molar-refractivity contribution is 5.79. The number of ether oxygens (including phenoxy) is 5. The van der Waals surface area contributed by atoms with Gasteiger partial charge in [-0.2, -0.15) is 0 Å². The van der Waals surface area contributed by atoms with E-state index in [1.54, 1.807) is 0 Å². The lowest BCUT2D eigenvalue weighted by molar-refractivity contribution is -0.271. The summed E-state index contributed by atoms with van der Waals surface area (Å²) in [6, 6.07) is -1.34. The molecule has 0 aliphatic carbocycles. The molecule has 1 aliphatic heterocycles. The van der Waals surface area contributed by atoms with Gasteiger partial charge >= 0.3 is 23.9 Å². The van der Waals surface area contributed by atoms with Gasteiger partial charge in [0.2, 0.25) is 12.2 Å². The van der Waals surface area contributed by atoms with Crippen LogP contribution < -0.4 is 5.32 Å². The van der Waals surface area contributed by atoms with Crippen LogP contribution in [0.1, 0.15) is 27.7 Å². The first-order chi connectivity index (χ1) is 14.0. The van der Waals surface area contributed by atoms with Crippen LogP contribution in [0.25, 0.3) is 10.4 Å². The first kappa shape index (κ1) is 24.7. The Labute approximate surface area is 170 Å². The molecule has 0 aromatic heterocycles. The van der Waals surface area contributed by atoms with Crippen molar-refractivity contribution in [1.82, 2.24) is 5.32 Å². The molecule has 14 heteroatoms. The maximum absolute atomic E-state index is 12.1. The van der Waals surface area contributed by atoms with Crippen LogP contribution in [-0.4, -0.2) is 73.6 Å². The molecule has 0 aromatic rings. The molecule has 0 spiro atoms. The number of nitrogens with one attached hydrogen (secondary N) is 1. The molecule has 2 unspecified atom stereocenters. The summed E-state index contributed by atoms with van der Waals surface area (Å²) in [6.45, 7) is 3.32. The molecule has 14 nitrogen and oxygen atoms in total. The molecule has 1 fully saturated rings. The number of hydrogen-bond donors (Lipinski definition) is 1. The third kappa shape index (κ3) is 7.93. The second kappa shape index (κ2) is 11.6. The number of hydrogen-bond acceptors (Lipinski definition) is 11. The average molecular weight is 430 g/mol. The van der Waals surface area contributed by atoms with E-state index in [1.807, 2.05) is 0 Å². The Morgan fingerprint density at radius 1 is 0.933 bits per heavy atom. The normalized spacial score (nSPS) is 25.1. The molecule has 0 aromatic carbocycles. The third-order valence-corrected chi connectivity index (χ3v) is 3.59. The Kier molecular flexibility index (Phi) is 9.52. The number of azide groups is 1. The number of carbonyl (C=O) groups is 5. The minimum atomic E-state index is -1.51. The SMILES string of the molecule is CC(=O)OCC1O[C@@H](OC(C)=O)[C@@H](NC(=O)CN=[N+]=[N-])C(OC(C)=O)[C@@H]1OC(C)=O. The summed E-state index contributed by atoms with van der Waals surface area (Å²) in [6.07, 6.45) is -5.42. The number of esters is 4. The predicted octanol–water partition coefficient (Wildman–Crippen LogP) is -0.504. The van der Waals surface area contributed by atoms with Crippen molar-refractivity contribution in [3.05, 3.63) is 10.4 Å². The molecule has 1 heterocycles. The zero-order valence-corrected chi connectivity index (χ0v) is 16.7. The van der Waals surface area contributed by atoms with Gasteiger partial charge in [0.05, 0.1) is 0 Å². The number of carbonyl (C=O) groups excluding carboxylic acids is 5. The summed E-state index contributed by atoms with van der Waals surface area (Å²) < 4.78 is 25.9. The van der Waals surface area contributed by atoms with Gasteiger partial charge in [0.1, 0.15) is 25.3 Å². The molecule has 5 atom stereocenters. The van der Waals surface area contributed by atoms with Crippen molar-refractivity contribution in [1.29, 1.82) is 0 Å². The maximum Gasteiger partial charge on any atom is 0.305 e. The standard InChI is InChI=1S/C16H22N4O10/c1-7(21)26-6-11-14(27-8(2)22)15(28-9(3)23)13(16(30-11)29-10(4)24)19-12(25)5-18-20-17/h11,13-16H,5-6H2,1-4H3,(H,19,25)/t11?,13-,14+,15?,16+/m0/s1. The summed E-state index contributed by atoms with van der Waals surface area (Å²) in [4.78, 5) is 60.5. The molecule has 166 valence electrons. The summed E-state index contributed by atoms with van der Waals surface area (Å²) in [5, 5.41) is 5.48. The van der Waals surface area contributed by atoms with Crippen LogP contribution in [0.15, 0.2) is 5.11 Å². The maximum atomic E-state index is 12.1. The van der Waals surface area contributed by atoms with E-state index in [0.29, 0.717) is 0 Å². The molecule has 1 rings (SSSR count). The first-order valence-electron chi connectivity index (χ1n) is 8.65. The van der Waals surface area contributed by atoms with Gasteiger partial charge in [-0.15, -0.1) is 0 Å². The second-order valence-electron chi connectivity index (χ2n) is 6.09. The molecule has 1 aliphatic rings. The van der Waals surface area contributed by atoms with Crippen LogP contribution in [0, 0.1) is 0 Å². The van der Waals surface area contributed by atoms with E-state index in [9.17, 15) is 24.0 Å². The van der Waals surface area contributed by atoms with Crippen LogP contribution in [0.4, 0.5) is 0 Å². The Morgan fingerprint density at radius 2 is 1.50 bits per heavy atom. The van der Waals surface area contributed by atoms with Crippen LogP contribution >= 0.6 is 0 Å². The smallest absolute Gasteiger partial charge is 0.305 e. The molecule has 0 bridgehead atoms. The Balaban J connectivity index is 3.33. The Morgan fingerprint density at radius 3 is 2.00 bits per heavy atom. The van der Waals surface area contributed by atoms with E-state index < -0.39 is 73.6 Å². The van der Waals surface area contributed by atoms with Gasteiger partial charge in [0, 0.05) is 32.6 Å². The van der Waals surface area contributed by atoms with Crippen molar-refractivity contribution in [3.63, 3.8) is 0 Å². The number of nitrogens with zero attached hydrogens (tertiary/aromatic N) is 3. The van der Waals surface area contributed by atoms with Gasteiger partial charge in [-0.05, 0) is 5.53 Å². The summed E-state index contributed by atoms with van der Waals surface area (Å²) >= 11 is 0. The third-order valence-electron chi connectivity index (χ3n) is 3.59. The van der Waals surface area contributed by atoms with Gasteiger partial charge in [0.25, 0.3) is 0 Å². The topological polar surface area (TPSA) is 192 Å². The summed E-state index contributed by atoms with van der Waals surface area (Å²) in [7, 11) is 0. The molecular formula is C16H22N4O10. The second-order valence-corrected chi connectivity index (χ2v) is 6.09. The van der Waals surface area contributed by atoms with Crippen molar-refractivity contribution < 1.29 is 47.7 Å². The predicted molar refractivity (Wildman–Crippen MR) is 94.1 cm³/mol. The van der Waals surface area contributed by atoms with Crippen LogP contribution in [0.5, 0.6) is 0 Å². The summed E-state index contributed by atoms with van der Waals surface area (Å²) in [5.74, 6) is -3.86. The van der Waals surface area contributed by atoms with Gasteiger partial charge in [-0.25, -0.2) is 0 Å². The van der Waals surface area contributed by atoms with Gasteiger partial charge in [-0.1, -0.05) is 5.11 Å². The minimum absolute atomic E-state index is 0.428. The minimum Gasteiger partial charge on any atom is -0.463 e. The first-order valence-corrected chi connectivity index (χ1v) is 8.65. The highest BCUT2D eigenvalue weighted by atomic mass is 16.7. The fourth-order valence-corrected chi connectivity index (χ4v) is 2.65. The van der Waals surface area contributed by atoms with E-state index in [1.165, 1.54) is 0 Å². The van der Waals surface area contributed by atoms with Crippen molar-refractivity contribution in [2.24, 2.45) is 5.11 Å². The molecule has 1 saturated heterocycles. The molecule has 30 heavy (non-hydrogen) atoms. The van der Waals surface area contributed by atoms with E-state index in [0.717, 1.165) is 27.7 Å². The molecule has 0 saturated carbocycles. The van der Waals surface area contributed by atoms with Crippen LogP contribution in [0.2, 0.25) is 0 Å². The highest BCUT2D eigenvalue weighted by Gasteiger charge is 2.52. The van der Waals surface area contributed by atoms with E-state index >= 15 is 0 Å². The van der Waals surface area contributed by atoms with E-state index in [2.05, 4.69) is 15.3 Å². The zero-order chi connectivity index (χ0) is 22.8. The number of amides is 1. The van der Waals surface area contributed by atoms with Gasteiger partial charge in [-0.3, -0.25) is 24.0 Å². The lowest BCUT2D eigenvalue weighted by Crippen LogP contribution is -2.67. The van der Waals surface area contributed by atoms with Crippen LogP contribution in [-0.2, 0) is 47.7 Å². The molecule has 1 amide bonds. The van der Waals surface area contributed by atoms with Gasteiger partial charge in [0.15, 0.2) is 12.2 Å². The van der Waals surface area contributed by atoms with Crippen molar-refractivity contribution in [2.45, 2.75) is 58.3 Å². The average Bonchev–Trinajstić information content (AvgIpc) is 2.62. The molecular weight excluding hydrogens is 408 g/mol.